The van der Waals surface area contributed by atoms with Crippen LogP contribution in [0.4, 0.5) is 0 Å². The van der Waals surface area contributed by atoms with Crippen LogP contribution in [0.15, 0.2) is 28.7 Å². The smallest absolute Gasteiger partial charge is 0.222 e. The number of benzene rings is 1. The van der Waals surface area contributed by atoms with E-state index in [1.807, 2.05) is 38.1 Å². The van der Waals surface area contributed by atoms with E-state index in [1.165, 1.54) is 0 Å². The number of nitrogens with one attached hydrogen (secondary N) is 1. The summed E-state index contributed by atoms with van der Waals surface area (Å²) in [7, 11) is 0. The Hall–Kier alpha value is -1.72. The van der Waals surface area contributed by atoms with Crippen molar-refractivity contribution < 1.29 is 13.9 Å². The fourth-order valence-electron chi connectivity index (χ4n) is 2.20. The van der Waals surface area contributed by atoms with Crippen molar-refractivity contribution in [1.82, 2.24) is 5.32 Å². The molecule has 2 unspecified atom stereocenters. The highest BCUT2D eigenvalue weighted by Crippen LogP contribution is 2.31. The molecule has 1 aromatic heterocycles. The van der Waals surface area contributed by atoms with Crippen LogP contribution in [0.25, 0.3) is 11.0 Å². The first-order chi connectivity index (χ1) is 10.0. The van der Waals surface area contributed by atoms with Gasteiger partial charge in [0.1, 0.15) is 5.76 Å². The molecule has 0 fully saturated rings. The minimum absolute atomic E-state index is 0. The molecule has 2 rings (SSSR count). The summed E-state index contributed by atoms with van der Waals surface area (Å²) in [5.74, 6) is 1.34. The number of amides is 1. The number of carbonyl (C=O) groups excluding carboxylic acids is 1. The first kappa shape index (κ1) is 18.3. The highest BCUT2D eigenvalue weighted by molar-refractivity contribution is 5.85. The Labute approximate surface area is 136 Å². The summed E-state index contributed by atoms with van der Waals surface area (Å²) in [6.07, 6.45) is 0.300. The molecule has 2 atom stereocenters. The molecule has 3 N–H and O–H groups in total. The lowest BCUT2D eigenvalue weighted by molar-refractivity contribution is -0.122. The van der Waals surface area contributed by atoms with Gasteiger partial charge in [0.05, 0.1) is 12.6 Å². The summed E-state index contributed by atoms with van der Waals surface area (Å²) in [5, 5.41) is 3.85. The number of rotatable bonds is 6. The molecule has 122 valence electrons. The molecule has 0 aliphatic rings. The number of hydrogen-bond donors (Lipinski definition) is 2. The van der Waals surface area contributed by atoms with Gasteiger partial charge in [0.25, 0.3) is 0 Å². The van der Waals surface area contributed by atoms with Crippen LogP contribution >= 0.6 is 12.4 Å². The maximum absolute atomic E-state index is 11.8. The molecule has 2 aromatic rings. The van der Waals surface area contributed by atoms with Crippen LogP contribution in [0.5, 0.6) is 5.75 Å². The third-order valence-electron chi connectivity index (χ3n) is 3.14. The standard InChI is InChI=1S/C16H22N2O3.ClH/c1-4-20-13-7-5-6-12-9-14(21-16(12)13)11(3)18-15(19)8-10(2)17;/h5-7,9-11H,4,8,17H2,1-3H3,(H,18,19);1H. The molecule has 0 bridgehead atoms. The van der Waals surface area contributed by atoms with Crippen molar-refractivity contribution in [1.29, 1.82) is 0 Å². The van der Waals surface area contributed by atoms with Crippen LogP contribution in [0.1, 0.15) is 39.0 Å². The van der Waals surface area contributed by atoms with Gasteiger partial charge in [-0.25, -0.2) is 0 Å². The molecule has 1 amide bonds. The molecule has 0 radical (unpaired) electrons. The average Bonchev–Trinajstić information content (AvgIpc) is 2.83. The van der Waals surface area contributed by atoms with E-state index in [0.717, 1.165) is 11.1 Å². The molecule has 1 heterocycles. The average molecular weight is 327 g/mol. The molecule has 6 heteroatoms. The first-order valence-corrected chi connectivity index (χ1v) is 7.21. The van der Waals surface area contributed by atoms with E-state index in [1.54, 1.807) is 6.92 Å². The number of fused-ring (bicyclic) bond motifs is 1. The fourth-order valence-corrected chi connectivity index (χ4v) is 2.20. The second kappa shape index (κ2) is 8.06. The number of ether oxygens (including phenoxy) is 1. The summed E-state index contributed by atoms with van der Waals surface area (Å²) in [4.78, 5) is 11.8. The molecule has 22 heavy (non-hydrogen) atoms. The summed E-state index contributed by atoms with van der Waals surface area (Å²) in [6, 6.07) is 7.32. The fraction of sp³-hybridized carbons (Fsp3) is 0.438. The van der Waals surface area contributed by atoms with Crippen molar-refractivity contribution >= 4 is 29.3 Å². The zero-order valence-corrected chi connectivity index (χ0v) is 13.9. The maximum atomic E-state index is 11.8. The maximum Gasteiger partial charge on any atom is 0.222 e. The summed E-state index contributed by atoms with van der Waals surface area (Å²) >= 11 is 0. The zero-order valence-electron chi connectivity index (χ0n) is 13.1. The summed E-state index contributed by atoms with van der Waals surface area (Å²) < 4.78 is 11.4. The number of carbonyl (C=O) groups is 1. The molecule has 0 saturated heterocycles. The molecular weight excluding hydrogens is 304 g/mol. The van der Waals surface area contributed by atoms with Crippen molar-refractivity contribution in [3.05, 3.63) is 30.0 Å². The zero-order chi connectivity index (χ0) is 15.4. The highest BCUT2D eigenvalue weighted by Gasteiger charge is 2.16. The van der Waals surface area contributed by atoms with Crippen LogP contribution in [0.3, 0.4) is 0 Å². The number of furan rings is 1. The van der Waals surface area contributed by atoms with Gasteiger partial charge in [-0.1, -0.05) is 12.1 Å². The number of hydrogen-bond acceptors (Lipinski definition) is 4. The number of nitrogens with two attached hydrogens (primary N) is 1. The number of halogens is 1. The molecule has 1 aromatic carbocycles. The molecule has 0 spiro atoms. The van der Waals surface area contributed by atoms with E-state index < -0.39 is 0 Å². The van der Waals surface area contributed by atoms with Gasteiger partial charge in [-0.2, -0.15) is 0 Å². The SMILES string of the molecule is CCOc1cccc2cc(C(C)NC(=O)CC(C)N)oc12.Cl. The minimum atomic E-state index is -0.210. The van der Waals surface area contributed by atoms with E-state index in [9.17, 15) is 4.79 Å². The van der Waals surface area contributed by atoms with Gasteiger partial charge >= 0.3 is 0 Å². The first-order valence-electron chi connectivity index (χ1n) is 7.21. The van der Waals surface area contributed by atoms with Gasteiger partial charge in [0.15, 0.2) is 11.3 Å². The molecule has 0 aliphatic heterocycles. The third-order valence-corrected chi connectivity index (χ3v) is 3.14. The second-order valence-electron chi connectivity index (χ2n) is 5.23. The molecule has 0 aliphatic carbocycles. The van der Waals surface area contributed by atoms with Crippen LogP contribution in [-0.2, 0) is 4.79 Å². The van der Waals surface area contributed by atoms with Gasteiger partial charge in [-0.3, -0.25) is 4.79 Å². The van der Waals surface area contributed by atoms with E-state index in [4.69, 9.17) is 14.9 Å². The normalized spacial score (nSPS) is 13.3. The molecule has 0 saturated carbocycles. The van der Waals surface area contributed by atoms with Crippen LogP contribution in [-0.4, -0.2) is 18.6 Å². The van der Waals surface area contributed by atoms with Gasteiger partial charge in [0.2, 0.25) is 5.91 Å². The predicted molar refractivity (Wildman–Crippen MR) is 89.5 cm³/mol. The van der Waals surface area contributed by atoms with Crippen molar-refractivity contribution in [2.24, 2.45) is 5.73 Å². The van der Waals surface area contributed by atoms with Crippen molar-refractivity contribution in [2.75, 3.05) is 6.61 Å². The quantitative estimate of drug-likeness (QED) is 0.854. The Kier molecular flexibility index (Phi) is 6.71. The Bertz CT molecular complexity index is 625. The van der Waals surface area contributed by atoms with Gasteiger partial charge in [-0.05, 0) is 32.9 Å². The van der Waals surface area contributed by atoms with Gasteiger partial charge in [0, 0.05) is 17.8 Å². The number of para-hydroxylation sites is 1. The Morgan fingerprint density at radius 1 is 1.41 bits per heavy atom. The highest BCUT2D eigenvalue weighted by atomic mass is 35.5. The summed E-state index contributed by atoms with van der Waals surface area (Å²) in [5.41, 5.74) is 6.33. The van der Waals surface area contributed by atoms with Gasteiger partial charge < -0.3 is 20.2 Å². The Morgan fingerprint density at radius 3 is 2.77 bits per heavy atom. The lowest BCUT2D eigenvalue weighted by Crippen LogP contribution is -2.31. The second-order valence-corrected chi connectivity index (χ2v) is 5.23. The third kappa shape index (κ3) is 4.39. The van der Waals surface area contributed by atoms with Crippen LogP contribution < -0.4 is 15.8 Å². The Morgan fingerprint density at radius 2 is 2.14 bits per heavy atom. The van der Waals surface area contributed by atoms with E-state index >= 15 is 0 Å². The lowest BCUT2D eigenvalue weighted by Gasteiger charge is -2.12. The van der Waals surface area contributed by atoms with E-state index in [2.05, 4.69) is 5.32 Å². The van der Waals surface area contributed by atoms with Crippen molar-refractivity contribution in [3.8, 4) is 5.75 Å². The van der Waals surface area contributed by atoms with Crippen molar-refractivity contribution in [2.45, 2.75) is 39.3 Å². The largest absolute Gasteiger partial charge is 0.490 e. The van der Waals surface area contributed by atoms with Crippen molar-refractivity contribution in [3.63, 3.8) is 0 Å². The molecular formula is C16H23ClN2O3. The van der Waals surface area contributed by atoms with Crippen LogP contribution in [0.2, 0.25) is 0 Å². The van der Waals surface area contributed by atoms with Crippen LogP contribution in [0, 0.1) is 0 Å². The van der Waals surface area contributed by atoms with E-state index in [-0.39, 0.29) is 30.4 Å². The lowest BCUT2D eigenvalue weighted by atomic mass is 10.2. The minimum Gasteiger partial charge on any atom is -0.490 e. The topological polar surface area (TPSA) is 77.5 Å². The Balaban J connectivity index is 0.00000242. The summed E-state index contributed by atoms with van der Waals surface area (Å²) in [6.45, 7) is 6.20. The van der Waals surface area contributed by atoms with E-state index in [0.29, 0.717) is 24.4 Å². The monoisotopic (exact) mass is 326 g/mol. The van der Waals surface area contributed by atoms with Gasteiger partial charge in [-0.15, -0.1) is 12.4 Å². The predicted octanol–water partition coefficient (Wildman–Crippen LogP) is 3.17. The molecule has 5 nitrogen and oxygen atoms in total.